The number of hydrogen-bond acceptors (Lipinski definition) is 1. The Morgan fingerprint density at radius 1 is 1.19 bits per heavy atom. The van der Waals surface area contributed by atoms with Crippen molar-refractivity contribution in [3.05, 3.63) is 65.3 Å². The first-order valence-electron chi connectivity index (χ1n) is 6.73. The zero-order valence-electron chi connectivity index (χ0n) is 11.6. The molecule has 0 fully saturated rings. The summed E-state index contributed by atoms with van der Waals surface area (Å²) >= 11 is 6.02. The van der Waals surface area contributed by atoms with Crippen molar-refractivity contribution in [1.82, 2.24) is 4.57 Å². The number of carbonyl (C=O) groups is 1. The molecule has 1 aromatic heterocycles. The first kappa shape index (κ1) is 13.7. The second-order valence-electron chi connectivity index (χ2n) is 5.06. The van der Waals surface area contributed by atoms with Crippen LogP contribution in [0.25, 0.3) is 10.9 Å². The average Bonchev–Trinajstić information content (AvgIpc) is 2.81. The lowest BCUT2D eigenvalue weighted by Gasteiger charge is -2.08. The van der Waals surface area contributed by atoms with Crippen LogP contribution in [0.1, 0.15) is 5.56 Å². The molecule has 0 saturated carbocycles. The lowest BCUT2D eigenvalue weighted by molar-refractivity contribution is -0.116. The van der Waals surface area contributed by atoms with Gasteiger partial charge in [-0.3, -0.25) is 4.79 Å². The Bertz CT molecular complexity index is 807. The molecule has 0 radical (unpaired) electrons. The number of benzene rings is 2. The number of anilines is 1. The highest BCUT2D eigenvalue weighted by Crippen LogP contribution is 2.20. The predicted octanol–water partition coefficient (Wildman–Crippen LogP) is 4.24. The number of nitrogens with zero attached hydrogens (tertiary/aromatic N) is 1. The van der Waals surface area contributed by atoms with Crippen LogP contribution in [0.15, 0.2) is 54.7 Å². The molecule has 3 aromatic rings. The minimum absolute atomic E-state index is 0.0573. The molecule has 3 rings (SSSR count). The zero-order valence-corrected chi connectivity index (χ0v) is 12.4. The molecule has 1 amide bonds. The number of halogens is 1. The molecule has 0 aliphatic rings. The summed E-state index contributed by atoms with van der Waals surface area (Å²) in [7, 11) is 0. The molecule has 0 bridgehead atoms. The molecule has 0 atom stereocenters. The fourth-order valence-corrected chi connectivity index (χ4v) is 2.54. The fourth-order valence-electron chi connectivity index (χ4n) is 2.37. The number of hydrogen-bond donors (Lipinski definition) is 1. The summed E-state index contributed by atoms with van der Waals surface area (Å²) in [5, 5.41) is 4.65. The van der Waals surface area contributed by atoms with Gasteiger partial charge in [0.1, 0.15) is 6.54 Å². The average molecular weight is 299 g/mol. The number of fused-ring (bicyclic) bond motifs is 1. The maximum absolute atomic E-state index is 12.2. The summed E-state index contributed by atoms with van der Waals surface area (Å²) < 4.78 is 1.90. The molecule has 4 heteroatoms. The van der Waals surface area contributed by atoms with Crippen LogP contribution in [0, 0.1) is 6.92 Å². The van der Waals surface area contributed by atoms with E-state index in [4.69, 9.17) is 11.6 Å². The van der Waals surface area contributed by atoms with Gasteiger partial charge in [0.25, 0.3) is 0 Å². The molecule has 3 nitrogen and oxygen atoms in total. The lowest BCUT2D eigenvalue weighted by Crippen LogP contribution is -2.18. The van der Waals surface area contributed by atoms with Gasteiger partial charge < -0.3 is 9.88 Å². The van der Waals surface area contributed by atoms with Gasteiger partial charge >= 0.3 is 0 Å². The van der Waals surface area contributed by atoms with E-state index < -0.39 is 0 Å². The van der Waals surface area contributed by atoms with Crippen molar-refractivity contribution in [2.45, 2.75) is 13.5 Å². The molecule has 1 N–H and O–H groups in total. The van der Waals surface area contributed by atoms with Gasteiger partial charge in [0.2, 0.25) is 5.91 Å². The van der Waals surface area contributed by atoms with Crippen molar-refractivity contribution in [1.29, 1.82) is 0 Å². The van der Waals surface area contributed by atoms with E-state index in [1.54, 1.807) is 0 Å². The summed E-state index contributed by atoms with van der Waals surface area (Å²) in [6.45, 7) is 2.26. The van der Waals surface area contributed by atoms with Crippen molar-refractivity contribution >= 4 is 34.1 Å². The number of amides is 1. The number of rotatable bonds is 3. The van der Waals surface area contributed by atoms with Crippen LogP contribution in [0.4, 0.5) is 5.69 Å². The third kappa shape index (κ3) is 3.09. The quantitative estimate of drug-likeness (QED) is 0.771. The lowest BCUT2D eigenvalue weighted by atomic mass is 10.2. The minimum atomic E-state index is -0.0573. The molecule has 21 heavy (non-hydrogen) atoms. The highest BCUT2D eigenvalue weighted by atomic mass is 35.5. The first-order valence-corrected chi connectivity index (χ1v) is 7.10. The first-order chi connectivity index (χ1) is 10.1. The molecule has 0 spiro atoms. The smallest absolute Gasteiger partial charge is 0.244 e. The van der Waals surface area contributed by atoms with E-state index >= 15 is 0 Å². The molecule has 2 aromatic carbocycles. The van der Waals surface area contributed by atoms with E-state index in [9.17, 15) is 4.79 Å². The Morgan fingerprint density at radius 2 is 2.05 bits per heavy atom. The normalized spacial score (nSPS) is 10.8. The van der Waals surface area contributed by atoms with Crippen LogP contribution >= 0.6 is 11.6 Å². The second kappa shape index (κ2) is 5.62. The maximum Gasteiger partial charge on any atom is 0.244 e. The number of carbonyl (C=O) groups excluding carboxylic acids is 1. The third-order valence-electron chi connectivity index (χ3n) is 3.35. The standard InChI is InChI=1S/C17H15ClN2O/c1-12-3-2-4-15(9-12)19-17(21)11-20-8-7-13-5-6-14(18)10-16(13)20/h2-10H,11H2,1H3,(H,19,21). The Kier molecular flexibility index (Phi) is 3.67. The highest BCUT2D eigenvalue weighted by Gasteiger charge is 2.07. The fraction of sp³-hybridized carbons (Fsp3) is 0.118. The number of nitrogens with one attached hydrogen (secondary N) is 1. The largest absolute Gasteiger partial charge is 0.338 e. The van der Waals surface area contributed by atoms with Crippen molar-refractivity contribution in [2.24, 2.45) is 0 Å². The Labute approximate surface area is 128 Å². The van der Waals surface area contributed by atoms with Crippen molar-refractivity contribution < 1.29 is 4.79 Å². The van der Waals surface area contributed by atoms with Gasteiger partial charge in [0, 0.05) is 22.4 Å². The molecule has 106 valence electrons. The van der Waals surface area contributed by atoms with Gasteiger partial charge in [-0.05, 0) is 48.2 Å². The molecule has 0 unspecified atom stereocenters. The summed E-state index contributed by atoms with van der Waals surface area (Å²) in [5.74, 6) is -0.0573. The van der Waals surface area contributed by atoms with Gasteiger partial charge in [0.05, 0.1) is 0 Å². The molecule has 0 saturated heterocycles. The van der Waals surface area contributed by atoms with E-state index in [1.807, 2.05) is 66.2 Å². The monoisotopic (exact) mass is 298 g/mol. The highest BCUT2D eigenvalue weighted by molar-refractivity contribution is 6.31. The summed E-state index contributed by atoms with van der Waals surface area (Å²) in [6.07, 6.45) is 1.90. The zero-order chi connectivity index (χ0) is 14.8. The summed E-state index contributed by atoms with van der Waals surface area (Å²) in [4.78, 5) is 12.2. The van der Waals surface area contributed by atoms with E-state index in [1.165, 1.54) is 0 Å². The van der Waals surface area contributed by atoms with Gasteiger partial charge in [-0.2, -0.15) is 0 Å². The Morgan fingerprint density at radius 3 is 2.86 bits per heavy atom. The Balaban J connectivity index is 1.79. The van der Waals surface area contributed by atoms with E-state index in [2.05, 4.69) is 5.32 Å². The predicted molar refractivity (Wildman–Crippen MR) is 86.8 cm³/mol. The molecule has 1 heterocycles. The maximum atomic E-state index is 12.2. The van der Waals surface area contributed by atoms with Gasteiger partial charge in [-0.25, -0.2) is 0 Å². The topological polar surface area (TPSA) is 34.0 Å². The SMILES string of the molecule is Cc1cccc(NC(=O)Cn2ccc3ccc(Cl)cc32)c1. The van der Waals surface area contributed by atoms with E-state index in [0.717, 1.165) is 22.2 Å². The van der Waals surface area contributed by atoms with Crippen molar-refractivity contribution in [2.75, 3.05) is 5.32 Å². The van der Waals surface area contributed by atoms with Crippen LogP contribution in [0.3, 0.4) is 0 Å². The number of aryl methyl sites for hydroxylation is 1. The molecule has 0 aliphatic carbocycles. The van der Waals surface area contributed by atoms with Crippen LogP contribution in [-0.4, -0.2) is 10.5 Å². The second-order valence-corrected chi connectivity index (χ2v) is 5.50. The summed E-state index contributed by atoms with van der Waals surface area (Å²) in [6, 6.07) is 15.4. The van der Waals surface area contributed by atoms with E-state index in [-0.39, 0.29) is 12.5 Å². The van der Waals surface area contributed by atoms with Gasteiger partial charge in [0.15, 0.2) is 0 Å². The third-order valence-corrected chi connectivity index (χ3v) is 3.59. The van der Waals surface area contributed by atoms with Gasteiger partial charge in [-0.15, -0.1) is 0 Å². The van der Waals surface area contributed by atoms with Crippen LogP contribution in [0.2, 0.25) is 5.02 Å². The van der Waals surface area contributed by atoms with Crippen molar-refractivity contribution in [3.63, 3.8) is 0 Å². The van der Waals surface area contributed by atoms with Crippen LogP contribution in [-0.2, 0) is 11.3 Å². The molecule has 0 aliphatic heterocycles. The van der Waals surface area contributed by atoms with Crippen LogP contribution < -0.4 is 5.32 Å². The summed E-state index contributed by atoms with van der Waals surface area (Å²) in [5.41, 5.74) is 2.89. The molecular formula is C17H15ClN2O. The number of aromatic nitrogens is 1. The molecular weight excluding hydrogens is 284 g/mol. The van der Waals surface area contributed by atoms with Crippen LogP contribution in [0.5, 0.6) is 0 Å². The van der Waals surface area contributed by atoms with Gasteiger partial charge in [-0.1, -0.05) is 29.8 Å². The van der Waals surface area contributed by atoms with Crippen molar-refractivity contribution in [3.8, 4) is 0 Å². The Hall–Kier alpha value is -2.26. The minimum Gasteiger partial charge on any atom is -0.338 e. The van der Waals surface area contributed by atoms with E-state index in [0.29, 0.717) is 5.02 Å².